The van der Waals surface area contributed by atoms with Gasteiger partial charge in [0.25, 0.3) is 0 Å². The topological polar surface area (TPSA) is 35.5 Å². The number of aryl methyl sites for hydroxylation is 1. The third-order valence-corrected chi connectivity index (χ3v) is 3.98. The molecule has 0 spiro atoms. The summed E-state index contributed by atoms with van der Waals surface area (Å²) in [6, 6.07) is 3.90. The zero-order chi connectivity index (χ0) is 11.6. The molecule has 3 nitrogen and oxygen atoms in total. The number of hydrogen-bond donors (Lipinski definition) is 0. The molecule has 4 heteroatoms. The van der Waals surface area contributed by atoms with Gasteiger partial charge in [0, 0.05) is 11.3 Å². The van der Waals surface area contributed by atoms with Gasteiger partial charge in [0.2, 0.25) is 0 Å². The van der Waals surface area contributed by atoms with Crippen LogP contribution in [0.1, 0.15) is 34.8 Å². The van der Waals surface area contributed by atoms with Crippen LogP contribution >= 0.6 is 11.3 Å². The summed E-state index contributed by atoms with van der Waals surface area (Å²) >= 11 is 1.56. The summed E-state index contributed by atoms with van der Waals surface area (Å²) in [4.78, 5) is 13.2. The molecule has 88 valence electrons. The summed E-state index contributed by atoms with van der Waals surface area (Å²) in [6.07, 6.45) is 1.74. The first-order valence-electron chi connectivity index (χ1n) is 5.47. The van der Waals surface area contributed by atoms with E-state index in [0.717, 1.165) is 17.7 Å². The quantitative estimate of drug-likeness (QED) is 0.759. The molecule has 0 N–H and O–H groups in total. The van der Waals surface area contributed by atoms with Crippen molar-refractivity contribution in [2.24, 2.45) is 0 Å². The van der Waals surface area contributed by atoms with Crippen LogP contribution < -0.4 is 0 Å². The van der Waals surface area contributed by atoms with Crippen LogP contribution in [-0.2, 0) is 15.9 Å². The van der Waals surface area contributed by atoms with Crippen molar-refractivity contribution in [3.05, 3.63) is 21.9 Å². The molecule has 0 saturated carbocycles. The number of carbonyl (C=O) groups is 1. The Balaban J connectivity index is 1.91. The largest absolute Gasteiger partial charge is 0.348 e. The lowest BCUT2D eigenvalue weighted by Gasteiger charge is -2.21. The number of Topliss-reactive ketones (excluding diaryl/α,β-unsaturated/α-hetero) is 1. The summed E-state index contributed by atoms with van der Waals surface area (Å²) in [6.45, 7) is 4.93. The monoisotopic (exact) mass is 240 g/mol. The van der Waals surface area contributed by atoms with Crippen molar-refractivity contribution < 1.29 is 14.3 Å². The van der Waals surface area contributed by atoms with Crippen molar-refractivity contribution in [2.75, 3.05) is 13.2 Å². The van der Waals surface area contributed by atoms with E-state index in [0.29, 0.717) is 13.2 Å². The standard InChI is InChI=1S/C12H16O3S/c1-9(13)11-4-3-10(16-11)5-6-12(2)14-7-8-15-12/h3-4H,5-8H2,1-2H3. The van der Waals surface area contributed by atoms with Gasteiger partial charge in [-0.15, -0.1) is 11.3 Å². The van der Waals surface area contributed by atoms with Crippen LogP contribution in [-0.4, -0.2) is 24.8 Å². The molecule has 16 heavy (non-hydrogen) atoms. The molecule has 2 rings (SSSR count). The number of thiophene rings is 1. The van der Waals surface area contributed by atoms with Gasteiger partial charge in [-0.25, -0.2) is 0 Å². The third-order valence-electron chi connectivity index (χ3n) is 2.73. The highest BCUT2D eigenvalue weighted by Crippen LogP contribution is 2.26. The minimum atomic E-state index is -0.430. The Hall–Kier alpha value is -0.710. The molecular weight excluding hydrogens is 224 g/mol. The number of hydrogen-bond acceptors (Lipinski definition) is 4. The SMILES string of the molecule is CC(=O)c1ccc(CCC2(C)OCCO2)s1. The molecule has 1 aromatic rings. The van der Waals surface area contributed by atoms with Gasteiger partial charge in [-0.1, -0.05) is 0 Å². The maximum atomic E-state index is 11.1. The molecule has 0 amide bonds. The second-order valence-electron chi connectivity index (χ2n) is 4.15. The highest BCUT2D eigenvalue weighted by atomic mass is 32.1. The molecule has 1 aromatic heterocycles. The fourth-order valence-electron chi connectivity index (χ4n) is 1.75. The van der Waals surface area contributed by atoms with Gasteiger partial charge in [0.15, 0.2) is 11.6 Å². The van der Waals surface area contributed by atoms with Crippen molar-refractivity contribution in [3.8, 4) is 0 Å². The van der Waals surface area contributed by atoms with Gasteiger partial charge < -0.3 is 9.47 Å². The number of rotatable bonds is 4. The minimum absolute atomic E-state index is 0.135. The Labute approximate surface area is 99.4 Å². The van der Waals surface area contributed by atoms with Gasteiger partial charge >= 0.3 is 0 Å². The summed E-state index contributed by atoms with van der Waals surface area (Å²) in [5.41, 5.74) is 0. The summed E-state index contributed by atoms with van der Waals surface area (Å²) < 4.78 is 11.1. The number of ketones is 1. The molecule has 1 aliphatic rings. The molecular formula is C12H16O3S. The molecule has 0 unspecified atom stereocenters. The van der Waals surface area contributed by atoms with Crippen molar-refractivity contribution in [2.45, 2.75) is 32.5 Å². The Morgan fingerprint density at radius 2 is 2.12 bits per heavy atom. The van der Waals surface area contributed by atoms with Gasteiger partial charge in [0.05, 0.1) is 18.1 Å². The normalized spacial score (nSPS) is 18.9. The lowest BCUT2D eigenvalue weighted by molar-refractivity contribution is -0.146. The molecule has 1 saturated heterocycles. The van der Waals surface area contributed by atoms with Crippen LogP contribution in [0.15, 0.2) is 12.1 Å². The molecule has 0 aliphatic carbocycles. The predicted octanol–water partition coefficient (Wildman–Crippen LogP) is 2.65. The Morgan fingerprint density at radius 3 is 2.69 bits per heavy atom. The van der Waals surface area contributed by atoms with E-state index in [4.69, 9.17) is 9.47 Å². The Kier molecular flexibility index (Phi) is 3.42. The van der Waals surface area contributed by atoms with Crippen molar-refractivity contribution >= 4 is 17.1 Å². The number of carbonyl (C=O) groups excluding carboxylic acids is 1. The van der Waals surface area contributed by atoms with Crippen molar-refractivity contribution in [1.29, 1.82) is 0 Å². The maximum Gasteiger partial charge on any atom is 0.169 e. The zero-order valence-corrected chi connectivity index (χ0v) is 10.4. The maximum absolute atomic E-state index is 11.1. The highest BCUT2D eigenvalue weighted by molar-refractivity contribution is 7.14. The van der Waals surface area contributed by atoms with Crippen LogP contribution in [0.25, 0.3) is 0 Å². The van der Waals surface area contributed by atoms with E-state index in [2.05, 4.69) is 0 Å². The molecule has 2 heterocycles. The van der Waals surface area contributed by atoms with Gasteiger partial charge in [-0.2, -0.15) is 0 Å². The molecule has 0 atom stereocenters. The third kappa shape index (κ3) is 2.70. The first-order chi connectivity index (χ1) is 7.59. The number of ether oxygens (including phenoxy) is 2. The first-order valence-corrected chi connectivity index (χ1v) is 6.28. The van der Waals surface area contributed by atoms with E-state index in [-0.39, 0.29) is 5.78 Å². The highest BCUT2D eigenvalue weighted by Gasteiger charge is 2.30. The smallest absolute Gasteiger partial charge is 0.169 e. The first kappa shape index (κ1) is 11.8. The van der Waals surface area contributed by atoms with Crippen LogP contribution in [0.2, 0.25) is 0 Å². The molecule has 0 bridgehead atoms. The van der Waals surface area contributed by atoms with E-state index in [1.807, 2.05) is 19.1 Å². The molecule has 1 fully saturated rings. The van der Waals surface area contributed by atoms with Crippen LogP contribution in [0.3, 0.4) is 0 Å². The van der Waals surface area contributed by atoms with Crippen molar-refractivity contribution in [1.82, 2.24) is 0 Å². The Bertz CT molecular complexity index is 377. The van der Waals surface area contributed by atoms with Crippen LogP contribution in [0.4, 0.5) is 0 Å². The fraction of sp³-hybridized carbons (Fsp3) is 0.583. The molecule has 0 aromatic carbocycles. The van der Waals surface area contributed by atoms with Crippen LogP contribution in [0, 0.1) is 0 Å². The van der Waals surface area contributed by atoms with Gasteiger partial charge in [-0.05, 0) is 32.4 Å². The van der Waals surface area contributed by atoms with E-state index in [1.54, 1.807) is 18.3 Å². The Morgan fingerprint density at radius 1 is 1.44 bits per heavy atom. The lowest BCUT2D eigenvalue weighted by Crippen LogP contribution is -2.25. The zero-order valence-electron chi connectivity index (χ0n) is 9.62. The summed E-state index contributed by atoms with van der Waals surface area (Å²) in [5.74, 6) is -0.295. The van der Waals surface area contributed by atoms with E-state index in [1.165, 1.54) is 4.88 Å². The average Bonchev–Trinajstić information content (AvgIpc) is 2.84. The molecule has 0 radical (unpaired) electrons. The van der Waals surface area contributed by atoms with Gasteiger partial charge in [-0.3, -0.25) is 4.79 Å². The van der Waals surface area contributed by atoms with E-state index < -0.39 is 5.79 Å². The lowest BCUT2D eigenvalue weighted by atomic mass is 10.1. The van der Waals surface area contributed by atoms with E-state index >= 15 is 0 Å². The second-order valence-corrected chi connectivity index (χ2v) is 5.32. The minimum Gasteiger partial charge on any atom is -0.348 e. The van der Waals surface area contributed by atoms with Crippen molar-refractivity contribution in [3.63, 3.8) is 0 Å². The second kappa shape index (κ2) is 4.65. The summed E-state index contributed by atoms with van der Waals surface area (Å²) in [5, 5.41) is 0. The van der Waals surface area contributed by atoms with Crippen LogP contribution in [0.5, 0.6) is 0 Å². The van der Waals surface area contributed by atoms with E-state index in [9.17, 15) is 4.79 Å². The molecule has 1 aliphatic heterocycles. The average molecular weight is 240 g/mol. The fourth-order valence-corrected chi connectivity index (χ4v) is 2.66. The summed E-state index contributed by atoms with van der Waals surface area (Å²) in [7, 11) is 0. The van der Waals surface area contributed by atoms with Gasteiger partial charge in [0.1, 0.15) is 0 Å². The predicted molar refractivity (Wildman–Crippen MR) is 63.0 cm³/mol.